The molecule has 6 nitrogen and oxygen atoms in total. The summed E-state index contributed by atoms with van der Waals surface area (Å²) in [5.41, 5.74) is 0.924. The van der Waals surface area contributed by atoms with Crippen LogP contribution in [0.5, 0.6) is 0 Å². The van der Waals surface area contributed by atoms with Gasteiger partial charge in [-0.1, -0.05) is 41.5 Å². The molecular formula is C21H33N3O3. The highest BCUT2D eigenvalue weighted by Gasteiger charge is 2.17. The lowest BCUT2D eigenvalue weighted by Gasteiger charge is -2.13. The highest BCUT2D eigenvalue weighted by molar-refractivity contribution is 6.04. The monoisotopic (exact) mass is 375 g/mol. The number of carbonyl (C=O) groups is 3. The van der Waals surface area contributed by atoms with Crippen molar-refractivity contribution in [2.24, 2.45) is 17.8 Å². The predicted octanol–water partition coefficient (Wildman–Crippen LogP) is 2.84. The van der Waals surface area contributed by atoms with Crippen LogP contribution in [0.2, 0.25) is 0 Å². The molecule has 0 aromatic heterocycles. The van der Waals surface area contributed by atoms with Crippen LogP contribution in [-0.2, 0) is 0 Å². The molecule has 0 unspecified atom stereocenters. The molecule has 0 saturated heterocycles. The number of carbonyl (C=O) groups excluding carboxylic acids is 3. The first kappa shape index (κ1) is 22.7. The summed E-state index contributed by atoms with van der Waals surface area (Å²) in [7, 11) is 0. The Balaban J connectivity index is 3.11. The van der Waals surface area contributed by atoms with Gasteiger partial charge in [0.1, 0.15) is 0 Å². The van der Waals surface area contributed by atoms with E-state index in [1.807, 2.05) is 41.5 Å². The van der Waals surface area contributed by atoms with Crippen molar-refractivity contribution in [3.63, 3.8) is 0 Å². The lowest BCUT2D eigenvalue weighted by Crippen LogP contribution is -2.31. The maximum Gasteiger partial charge on any atom is 0.251 e. The molecule has 0 fully saturated rings. The van der Waals surface area contributed by atoms with E-state index in [4.69, 9.17) is 0 Å². The van der Waals surface area contributed by atoms with E-state index in [0.29, 0.717) is 54.1 Å². The molecule has 1 aromatic rings. The molecule has 3 amide bonds. The summed E-state index contributed by atoms with van der Waals surface area (Å²) in [5.74, 6) is 0.0428. The van der Waals surface area contributed by atoms with Crippen LogP contribution in [0.1, 0.15) is 72.6 Å². The van der Waals surface area contributed by atoms with E-state index in [2.05, 4.69) is 16.0 Å². The summed E-state index contributed by atoms with van der Waals surface area (Å²) < 4.78 is 0. The average Bonchev–Trinajstić information content (AvgIpc) is 2.61. The van der Waals surface area contributed by atoms with Crippen molar-refractivity contribution in [2.75, 3.05) is 19.6 Å². The summed E-state index contributed by atoms with van der Waals surface area (Å²) in [6.45, 7) is 13.6. The van der Waals surface area contributed by atoms with Gasteiger partial charge in [0.05, 0.1) is 0 Å². The van der Waals surface area contributed by atoms with Gasteiger partial charge in [-0.3, -0.25) is 14.4 Å². The Morgan fingerprint density at radius 1 is 0.593 bits per heavy atom. The minimum absolute atomic E-state index is 0.292. The fraction of sp³-hybridized carbons (Fsp3) is 0.571. The Labute approximate surface area is 162 Å². The molecule has 0 heterocycles. The predicted molar refractivity (Wildman–Crippen MR) is 108 cm³/mol. The fourth-order valence-corrected chi connectivity index (χ4v) is 2.22. The zero-order valence-electron chi connectivity index (χ0n) is 17.3. The molecule has 0 saturated carbocycles. The molecule has 0 radical (unpaired) electrons. The van der Waals surface area contributed by atoms with Gasteiger partial charge in [-0.15, -0.1) is 0 Å². The first-order chi connectivity index (χ1) is 12.6. The van der Waals surface area contributed by atoms with Gasteiger partial charge in [0.2, 0.25) is 0 Å². The van der Waals surface area contributed by atoms with Gasteiger partial charge >= 0.3 is 0 Å². The SMILES string of the molecule is CC(C)CNC(=O)c1cc(C(=O)NCC(C)C)cc(C(=O)NCC(C)C)c1. The molecular weight excluding hydrogens is 342 g/mol. The van der Waals surface area contributed by atoms with E-state index in [1.165, 1.54) is 18.2 Å². The van der Waals surface area contributed by atoms with Crippen molar-refractivity contribution in [3.8, 4) is 0 Å². The third kappa shape index (κ3) is 8.24. The number of rotatable bonds is 9. The van der Waals surface area contributed by atoms with E-state index in [1.54, 1.807) is 0 Å². The molecule has 0 bridgehead atoms. The van der Waals surface area contributed by atoms with E-state index >= 15 is 0 Å². The first-order valence-corrected chi connectivity index (χ1v) is 9.59. The second-order valence-corrected chi connectivity index (χ2v) is 8.11. The Bertz CT molecular complexity index is 564. The van der Waals surface area contributed by atoms with E-state index in [9.17, 15) is 14.4 Å². The lowest BCUT2D eigenvalue weighted by atomic mass is 10.0. The number of nitrogens with one attached hydrogen (secondary N) is 3. The lowest BCUT2D eigenvalue weighted by molar-refractivity contribution is 0.0948. The van der Waals surface area contributed by atoms with Crippen molar-refractivity contribution in [2.45, 2.75) is 41.5 Å². The third-order valence-corrected chi connectivity index (χ3v) is 3.73. The first-order valence-electron chi connectivity index (χ1n) is 9.59. The number of hydrogen-bond acceptors (Lipinski definition) is 3. The van der Waals surface area contributed by atoms with Gasteiger partial charge in [-0.25, -0.2) is 0 Å². The Morgan fingerprint density at radius 2 is 0.815 bits per heavy atom. The zero-order valence-corrected chi connectivity index (χ0v) is 17.3. The smallest absolute Gasteiger partial charge is 0.251 e. The van der Waals surface area contributed by atoms with Gasteiger partial charge in [-0.05, 0) is 36.0 Å². The second-order valence-electron chi connectivity index (χ2n) is 8.11. The van der Waals surface area contributed by atoms with Crippen molar-refractivity contribution < 1.29 is 14.4 Å². The van der Waals surface area contributed by atoms with Crippen molar-refractivity contribution in [1.82, 2.24) is 16.0 Å². The van der Waals surface area contributed by atoms with Crippen LogP contribution in [0, 0.1) is 17.8 Å². The van der Waals surface area contributed by atoms with Gasteiger partial charge in [0, 0.05) is 36.3 Å². The van der Waals surface area contributed by atoms with E-state index in [0.717, 1.165) is 0 Å². The van der Waals surface area contributed by atoms with Crippen molar-refractivity contribution >= 4 is 17.7 Å². The van der Waals surface area contributed by atoms with Gasteiger partial charge in [-0.2, -0.15) is 0 Å². The van der Waals surface area contributed by atoms with Crippen molar-refractivity contribution in [3.05, 3.63) is 34.9 Å². The van der Waals surface area contributed by atoms with E-state index < -0.39 is 0 Å². The van der Waals surface area contributed by atoms with Gasteiger partial charge in [0.15, 0.2) is 0 Å². The van der Waals surface area contributed by atoms with Crippen LogP contribution in [0.3, 0.4) is 0 Å². The topological polar surface area (TPSA) is 87.3 Å². The normalized spacial score (nSPS) is 11.0. The molecule has 1 aromatic carbocycles. The van der Waals surface area contributed by atoms with Crippen LogP contribution in [-0.4, -0.2) is 37.4 Å². The van der Waals surface area contributed by atoms with Crippen LogP contribution in [0.25, 0.3) is 0 Å². The number of benzene rings is 1. The Morgan fingerprint density at radius 3 is 1.00 bits per heavy atom. The molecule has 6 heteroatoms. The maximum absolute atomic E-state index is 12.5. The average molecular weight is 376 g/mol. The van der Waals surface area contributed by atoms with Crippen molar-refractivity contribution in [1.29, 1.82) is 0 Å². The minimum atomic E-state index is -0.292. The molecule has 0 spiro atoms. The second kappa shape index (κ2) is 10.7. The summed E-state index contributed by atoms with van der Waals surface area (Å²) >= 11 is 0. The molecule has 27 heavy (non-hydrogen) atoms. The van der Waals surface area contributed by atoms with Crippen LogP contribution >= 0.6 is 0 Å². The molecule has 0 aliphatic heterocycles. The third-order valence-electron chi connectivity index (χ3n) is 3.73. The van der Waals surface area contributed by atoms with Gasteiger partial charge in [0.25, 0.3) is 17.7 Å². The molecule has 0 aliphatic rings. The highest BCUT2D eigenvalue weighted by Crippen LogP contribution is 2.12. The Kier molecular flexibility index (Phi) is 8.98. The summed E-state index contributed by atoms with van der Waals surface area (Å²) in [6, 6.07) is 4.60. The molecule has 0 atom stereocenters. The van der Waals surface area contributed by atoms with E-state index in [-0.39, 0.29) is 17.7 Å². The standard InChI is InChI=1S/C21H33N3O3/c1-13(2)10-22-19(25)16-7-17(20(26)23-11-14(3)4)9-18(8-16)21(27)24-12-15(5)6/h7-9,13-15H,10-12H2,1-6H3,(H,22,25)(H,23,26)(H,24,27). The Hall–Kier alpha value is -2.37. The summed E-state index contributed by atoms with van der Waals surface area (Å²) in [5, 5.41) is 8.49. The van der Waals surface area contributed by atoms with Crippen LogP contribution in [0.15, 0.2) is 18.2 Å². The maximum atomic E-state index is 12.5. The van der Waals surface area contributed by atoms with Gasteiger partial charge < -0.3 is 16.0 Å². The quantitative estimate of drug-likeness (QED) is 0.620. The fourth-order valence-electron chi connectivity index (χ4n) is 2.22. The summed E-state index contributed by atoms with van der Waals surface area (Å²) in [4.78, 5) is 37.4. The molecule has 150 valence electrons. The summed E-state index contributed by atoms with van der Waals surface area (Å²) in [6.07, 6.45) is 0. The van der Waals surface area contributed by atoms with Crippen LogP contribution < -0.4 is 16.0 Å². The minimum Gasteiger partial charge on any atom is -0.352 e. The molecule has 0 aliphatic carbocycles. The molecule has 3 N–H and O–H groups in total. The molecule has 1 rings (SSSR count). The number of amides is 3. The zero-order chi connectivity index (χ0) is 20.6. The number of hydrogen-bond donors (Lipinski definition) is 3. The highest BCUT2D eigenvalue weighted by atomic mass is 16.2. The largest absolute Gasteiger partial charge is 0.352 e. The van der Waals surface area contributed by atoms with Crippen LogP contribution in [0.4, 0.5) is 0 Å².